The van der Waals surface area contributed by atoms with Crippen molar-refractivity contribution in [3.8, 4) is 17.2 Å². The Hall–Kier alpha value is -3.72. The molecule has 0 atom stereocenters. The van der Waals surface area contributed by atoms with Gasteiger partial charge in [0.1, 0.15) is 12.3 Å². The molecule has 0 aliphatic rings. The van der Waals surface area contributed by atoms with Crippen LogP contribution in [0.3, 0.4) is 0 Å². The fraction of sp³-hybridized carbons (Fsp3) is 0.367. The number of carbonyl (C=O) groups is 1. The van der Waals surface area contributed by atoms with Crippen molar-refractivity contribution in [2.45, 2.75) is 51.5 Å². The van der Waals surface area contributed by atoms with Crippen molar-refractivity contribution in [3.05, 3.63) is 77.4 Å². The first-order valence-electron chi connectivity index (χ1n) is 12.9. The van der Waals surface area contributed by atoms with E-state index in [1.807, 2.05) is 58.0 Å². The molecule has 39 heavy (non-hydrogen) atoms. The molecule has 3 aromatic carbocycles. The molecule has 0 bridgehead atoms. The third-order valence-corrected chi connectivity index (χ3v) is 7.73. The number of methoxy groups -OCH3 is 2. The molecule has 0 aliphatic carbocycles. The molecule has 1 N–H and O–H groups in total. The zero-order chi connectivity index (χ0) is 28.6. The lowest BCUT2D eigenvalue weighted by Crippen LogP contribution is -2.41. The van der Waals surface area contributed by atoms with E-state index >= 15 is 0 Å². The van der Waals surface area contributed by atoms with E-state index < -0.39 is 15.9 Å². The predicted molar refractivity (Wildman–Crippen MR) is 154 cm³/mol. The number of ether oxygens (including phenoxy) is 3. The lowest BCUT2D eigenvalue weighted by Gasteiger charge is -2.25. The summed E-state index contributed by atoms with van der Waals surface area (Å²) in [6.45, 7) is 7.78. The summed E-state index contributed by atoms with van der Waals surface area (Å²) in [6, 6.07) is 17.7. The molecule has 9 heteroatoms. The van der Waals surface area contributed by atoms with Gasteiger partial charge >= 0.3 is 0 Å². The molecule has 0 saturated carbocycles. The first-order chi connectivity index (χ1) is 18.5. The van der Waals surface area contributed by atoms with Crippen molar-refractivity contribution in [2.24, 2.45) is 0 Å². The molecular weight excluding hydrogens is 516 g/mol. The first-order valence-corrected chi connectivity index (χ1v) is 14.3. The average Bonchev–Trinajstić information content (AvgIpc) is 2.88. The zero-order valence-corrected chi connectivity index (χ0v) is 24.3. The highest BCUT2D eigenvalue weighted by molar-refractivity contribution is 7.92. The van der Waals surface area contributed by atoms with Crippen LogP contribution in [-0.4, -0.2) is 47.7 Å². The number of sulfonamides is 1. The van der Waals surface area contributed by atoms with Crippen LogP contribution in [0, 0.1) is 13.8 Å². The van der Waals surface area contributed by atoms with E-state index in [0.29, 0.717) is 24.4 Å². The van der Waals surface area contributed by atoms with Crippen molar-refractivity contribution in [2.75, 3.05) is 31.6 Å². The van der Waals surface area contributed by atoms with Crippen LogP contribution in [-0.2, 0) is 21.2 Å². The van der Waals surface area contributed by atoms with Gasteiger partial charge in [-0.25, -0.2) is 8.42 Å². The quantitative estimate of drug-likeness (QED) is 0.297. The van der Waals surface area contributed by atoms with Gasteiger partial charge in [-0.2, -0.15) is 0 Å². The van der Waals surface area contributed by atoms with Crippen molar-refractivity contribution in [1.29, 1.82) is 0 Å². The summed E-state index contributed by atoms with van der Waals surface area (Å²) >= 11 is 0. The number of nitrogens with one attached hydrogen (secondary N) is 1. The van der Waals surface area contributed by atoms with Crippen LogP contribution in [0.15, 0.2) is 65.6 Å². The van der Waals surface area contributed by atoms with E-state index in [2.05, 4.69) is 5.32 Å². The minimum atomic E-state index is -4.11. The predicted octanol–water partition coefficient (Wildman–Crippen LogP) is 5.05. The summed E-state index contributed by atoms with van der Waals surface area (Å²) in [5, 5.41) is 2.87. The Balaban J connectivity index is 1.76. The molecule has 3 rings (SSSR count). The summed E-state index contributed by atoms with van der Waals surface area (Å²) in [5.41, 5.74) is 3.30. The van der Waals surface area contributed by atoms with Crippen molar-refractivity contribution >= 4 is 21.6 Å². The second-order valence-electron chi connectivity index (χ2n) is 9.64. The topological polar surface area (TPSA) is 94.2 Å². The largest absolute Gasteiger partial charge is 0.493 e. The van der Waals surface area contributed by atoms with Crippen LogP contribution in [0.25, 0.3) is 0 Å². The normalized spacial score (nSPS) is 11.3. The van der Waals surface area contributed by atoms with Crippen molar-refractivity contribution in [3.63, 3.8) is 0 Å². The van der Waals surface area contributed by atoms with Gasteiger partial charge in [0, 0.05) is 12.6 Å². The summed E-state index contributed by atoms with van der Waals surface area (Å²) in [4.78, 5) is 13.0. The maximum absolute atomic E-state index is 13.8. The number of nitrogens with zero attached hydrogens (tertiary/aromatic N) is 1. The SMILES string of the molecule is COc1ccc(S(=O)(=O)N(CC(=O)NCCCc2cccc(OC(C)C)c2)c2cc(C)cc(C)c2)cc1OC. The van der Waals surface area contributed by atoms with E-state index in [-0.39, 0.29) is 23.3 Å². The summed E-state index contributed by atoms with van der Waals surface area (Å²) < 4.78 is 45.1. The molecule has 0 aliphatic heterocycles. The number of hydrogen-bond donors (Lipinski definition) is 1. The highest BCUT2D eigenvalue weighted by atomic mass is 32.2. The van der Waals surface area contributed by atoms with Gasteiger partial charge in [-0.3, -0.25) is 9.10 Å². The van der Waals surface area contributed by atoms with Gasteiger partial charge in [0.2, 0.25) is 5.91 Å². The molecule has 210 valence electrons. The van der Waals surface area contributed by atoms with Crippen LogP contribution in [0.4, 0.5) is 5.69 Å². The molecule has 0 saturated heterocycles. The van der Waals surface area contributed by atoms with Crippen LogP contribution in [0.2, 0.25) is 0 Å². The molecule has 0 fully saturated rings. The molecule has 0 spiro atoms. The van der Waals surface area contributed by atoms with Gasteiger partial charge in [-0.1, -0.05) is 18.2 Å². The second kappa shape index (κ2) is 13.4. The van der Waals surface area contributed by atoms with E-state index in [4.69, 9.17) is 14.2 Å². The Morgan fingerprint density at radius 1 is 0.923 bits per heavy atom. The van der Waals surface area contributed by atoms with E-state index in [0.717, 1.165) is 33.2 Å². The maximum Gasteiger partial charge on any atom is 0.264 e. The van der Waals surface area contributed by atoms with E-state index in [1.54, 1.807) is 12.1 Å². The van der Waals surface area contributed by atoms with Crippen molar-refractivity contribution < 1.29 is 27.4 Å². The second-order valence-corrected chi connectivity index (χ2v) is 11.5. The molecule has 0 unspecified atom stereocenters. The molecular formula is C30H38N2O6S. The number of amides is 1. The Morgan fingerprint density at radius 3 is 2.26 bits per heavy atom. The molecule has 1 amide bonds. The lowest BCUT2D eigenvalue weighted by molar-refractivity contribution is -0.119. The van der Waals surface area contributed by atoms with Crippen LogP contribution in [0.1, 0.15) is 37.0 Å². The zero-order valence-electron chi connectivity index (χ0n) is 23.5. The summed E-state index contributed by atoms with van der Waals surface area (Å²) in [7, 11) is -1.18. The van der Waals surface area contributed by atoms with Gasteiger partial charge < -0.3 is 19.5 Å². The van der Waals surface area contributed by atoms with Crippen LogP contribution < -0.4 is 23.8 Å². The number of anilines is 1. The fourth-order valence-electron chi connectivity index (χ4n) is 4.27. The number of rotatable bonds is 13. The monoisotopic (exact) mass is 554 g/mol. The third kappa shape index (κ3) is 8.13. The minimum absolute atomic E-state index is 0.00407. The standard InChI is InChI=1S/C30H38N2O6S/c1-21(2)38-26-11-7-9-24(18-26)10-8-14-31-30(33)20-32(25-16-22(3)15-23(4)17-25)39(34,35)27-12-13-28(36-5)29(19-27)37-6/h7,9,11-13,15-19,21H,8,10,14,20H2,1-6H3,(H,31,33). The molecule has 3 aromatic rings. The van der Waals surface area contributed by atoms with Crippen LogP contribution in [0.5, 0.6) is 17.2 Å². The Bertz CT molecular complexity index is 1370. The first kappa shape index (κ1) is 29.8. The van der Waals surface area contributed by atoms with Gasteiger partial charge in [0.05, 0.1) is 30.9 Å². The Morgan fingerprint density at radius 2 is 1.62 bits per heavy atom. The molecule has 0 radical (unpaired) electrons. The van der Waals surface area contributed by atoms with Gasteiger partial charge in [0.15, 0.2) is 11.5 Å². The maximum atomic E-state index is 13.8. The number of carbonyl (C=O) groups excluding carboxylic acids is 1. The van der Waals surface area contributed by atoms with Gasteiger partial charge in [0.25, 0.3) is 10.0 Å². The van der Waals surface area contributed by atoms with E-state index in [9.17, 15) is 13.2 Å². The molecule has 0 aromatic heterocycles. The van der Waals surface area contributed by atoms with E-state index in [1.165, 1.54) is 32.4 Å². The highest BCUT2D eigenvalue weighted by Gasteiger charge is 2.28. The van der Waals surface area contributed by atoms with Gasteiger partial charge in [-0.15, -0.1) is 0 Å². The summed E-state index contributed by atoms with van der Waals surface area (Å²) in [6.07, 6.45) is 1.54. The third-order valence-electron chi connectivity index (χ3n) is 5.96. The smallest absolute Gasteiger partial charge is 0.264 e. The Kier molecular flexibility index (Phi) is 10.2. The van der Waals surface area contributed by atoms with Gasteiger partial charge in [-0.05, 0) is 93.6 Å². The highest BCUT2D eigenvalue weighted by Crippen LogP contribution is 2.32. The number of benzene rings is 3. The molecule has 0 heterocycles. The lowest BCUT2D eigenvalue weighted by atomic mass is 10.1. The summed E-state index contributed by atoms with van der Waals surface area (Å²) in [5.74, 6) is 1.12. The molecule has 8 nitrogen and oxygen atoms in total. The minimum Gasteiger partial charge on any atom is -0.493 e. The van der Waals surface area contributed by atoms with Crippen LogP contribution >= 0.6 is 0 Å². The number of hydrogen-bond acceptors (Lipinski definition) is 6. The number of aryl methyl sites for hydroxylation is 3. The fourth-order valence-corrected chi connectivity index (χ4v) is 5.69. The Labute approximate surface area is 231 Å². The average molecular weight is 555 g/mol. The van der Waals surface area contributed by atoms with Crippen molar-refractivity contribution in [1.82, 2.24) is 5.32 Å².